The Morgan fingerprint density at radius 2 is 1.64 bits per heavy atom. The second kappa shape index (κ2) is 7.23. The topological polar surface area (TPSA) is 23.6 Å². The largest absolute Gasteiger partial charge is 0.340 e. The number of rotatable bonds is 3. The Kier molecular flexibility index (Phi) is 5.08. The fraction of sp³-hybridized carbons (Fsp3) is 0.611. The normalized spacial score (nSPS) is 21.0. The molecule has 0 radical (unpaired) electrons. The molecule has 1 amide bonds. The van der Waals surface area contributed by atoms with Gasteiger partial charge >= 0.3 is 0 Å². The average Bonchev–Trinajstić information content (AvgIpc) is 2.58. The molecule has 4 heteroatoms. The lowest BCUT2D eigenvalue weighted by Crippen LogP contribution is -2.52. The van der Waals surface area contributed by atoms with Crippen LogP contribution in [0.1, 0.15) is 37.7 Å². The van der Waals surface area contributed by atoms with Crippen molar-refractivity contribution in [2.75, 3.05) is 26.2 Å². The number of carbonyl (C=O) groups excluding carboxylic acids is 1. The first-order valence-electron chi connectivity index (χ1n) is 8.48. The summed E-state index contributed by atoms with van der Waals surface area (Å²) in [6.07, 6.45) is 7.12. The Hall–Kier alpha value is -1.42. The van der Waals surface area contributed by atoms with Crippen molar-refractivity contribution in [3.05, 3.63) is 35.6 Å². The van der Waals surface area contributed by atoms with Crippen LogP contribution in [0.2, 0.25) is 0 Å². The molecule has 120 valence electrons. The standard InChI is InChI=1S/C18H25FN2O/c19-16-8-6-15(7-9-16)14-18(22)21-12-10-20(11-13-21)17-4-2-1-3-5-17/h6-9,17H,1-5,10-14H2. The maximum atomic E-state index is 12.9. The molecule has 0 unspecified atom stereocenters. The molecule has 3 nitrogen and oxygen atoms in total. The first-order valence-corrected chi connectivity index (χ1v) is 8.48. The minimum Gasteiger partial charge on any atom is -0.340 e. The molecule has 1 heterocycles. The number of halogens is 1. The van der Waals surface area contributed by atoms with Crippen molar-refractivity contribution in [3.63, 3.8) is 0 Å². The van der Waals surface area contributed by atoms with E-state index in [0.29, 0.717) is 6.42 Å². The van der Waals surface area contributed by atoms with Crippen LogP contribution in [0.3, 0.4) is 0 Å². The van der Waals surface area contributed by atoms with Crippen LogP contribution in [-0.4, -0.2) is 47.9 Å². The van der Waals surface area contributed by atoms with Gasteiger partial charge in [-0.15, -0.1) is 0 Å². The third-order valence-electron chi connectivity index (χ3n) is 5.03. The molecule has 0 atom stereocenters. The highest BCUT2D eigenvalue weighted by Gasteiger charge is 2.26. The summed E-state index contributed by atoms with van der Waals surface area (Å²) >= 11 is 0. The molecule has 2 fully saturated rings. The van der Waals surface area contributed by atoms with E-state index in [1.807, 2.05) is 4.90 Å². The van der Waals surface area contributed by atoms with Gasteiger partial charge in [0, 0.05) is 32.2 Å². The van der Waals surface area contributed by atoms with Crippen molar-refractivity contribution < 1.29 is 9.18 Å². The highest BCUT2D eigenvalue weighted by molar-refractivity contribution is 5.78. The van der Waals surface area contributed by atoms with Crippen LogP contribution >= 0.6 is 0 Å². The van der Waals surface area contributed by atoms with Gasteiger partial charge in [-0.3, -0.25) is 9.69 Å². The second-order valence-electron chi connectivity index (χ2n) is 6.51. The van der Waals surface area contributed by atoms with Crippen molar-refractivity contribution in [2.24, 2.45) is 0 Å². The maximum absolute atomic E-state index is 12.9. The Morgan fingerprint density at radius 3 is 2.27 bits per heavy atom. The Labute approximate surface area is 132 Å². The summed E-state index contributed by atoms with van der Waals surface area (Å²) in [5, 5.41) is 0. The number of hydrogen-bond acceptors (Lipinski definition) is 2. The van der Waals surface area contributed by atoms with E-state index in [1.165, 1.54) is 44.2 Å². The van der Waals surface area contributed by atoms with Gasteiger partial charge in [-0.25, -0.2) is 4.39 Å². The molecule has 0 bridgehead atoms. The summed E-state index contributed by atoms with van der Waals surface area (Å²) in [7, 11) is 0. The molecule has 1 aromatic rings. The second-order valence-corrected chi connectivity index (χ2v) is 6.51. The van der Waals surface area contributed by atoms with Gasteiger partial charge in [0.25, 0.3) is 0 Å². The predicted octanol–water partition coefficient (Wildman–Crippen LogP) is 2.85. The van der Waals surface area contributed by atoms with Crippen LogP contribution in [0.4, 0.5) is 4.39 Å². The lowest BCUT2D eigenvalue weighted by molar-refractivity contribution is -0.132. The van der Waals surface area contributed by atoms with E-state index in [9.17, 15) is 9.18 Å². The fourth-order valence-electron chi connectivity index (χ4n) is 3.67. The third kappa shape index (κ3) is 3.86. The number of benzene rings is 1. The molecule has 1 saturated heterocycles. The molecule has 0 spiro atoms. The monoisotopic (exact) mass is 304 g/mol. The van der Waals surface area contributed by atoms with Crippen LogP contribution in [0.15, 0.2) is 24.3 Å². The molecule has 3 rings (SSSR count). The summed E-state index contributed by atoms with van der Waals surface area (Å²) in [5.74, 6) is -0.0906. The van der Waals surface area contributed by atoms with Crippen LogP contribution in [0.25, 0.3) is 0 Å². The zero-order valence-electron chi connectivity index (χ0n) is 13.1. The van der Waals surface area contributed by atoms with Crippen molar-refractivity contribution in [3.8, 4) is 0 Å². The zero-order chi connectivity index (χ0) is 15.4. The highest BCUT2D eigenvalue weighted by atomic mass is 19.1. The summed E-state index contributed by atoms with van der Waals surface area (Å²) in [5.41, 5.74) is 0.890. The van der Waals surface area contributed by atoms with E-state index >= 15 is 0 Å². The highest BCUT2D eigenvalue weighted by Crippen LogP contribution is 2.23. The number of piperazine rings is 1. The lowest BCUT2D eigenvalue weighted by Gasteiger charge is -2.40. The van der Waals surface area contributed by atoms with E-state index in [0.717, 1.165) is 37.8 Å². The Balaban J connectivity index is 1.48. The zero-order valence-corrected chi connectivity index (χ0v) is 13.1. The van der Waals surface area contributed by atoms with Crippen LogP contribution < -0.4 is 0 Å². The van der Waals surface area contributed by atoms with E-state index < -0.39 is 0 Å². The number of amides is 1. The average molecular weight is 304 g/mol. The summed E-state index contributed by atoms with van der Waals surface area (Å²) in [4.78, 5) is 16.9. The molecular formula is C18H25FN2O. The quantitative estimate of drug-likeness (QED) is 0.857. The number of nitrogens with zero attached hydrogens (tertiary/aromatic N) is 2. The lowest BCUT2D eigenvalue weighted by atomic mass is 9.94. The van der Waals surface area contributed by atoms with Gasteiger partial charge in [-0.1, -0.05) is 31.4 Å². The minimum atomic E-state index is -0.253. The van der Waals surface area contributed by atoms with Gasteiger partial charge in [0.15, 0.2) is 0 Å². The molecule has 1 aromatic carbocycles. The van der Waals surface area contributed by atoms with Gasteiger partial charge in [-0.2, -0.15) is 0 Å². The summed E-state index contributed by atoms with van der Waals surface area (Å²) in [6.45, 7) is 3.66. The molecule has 1 aliphatic heterocycles. The maximum Gasteiger partial charge on any atom is 0.227 e. The molecule has 22 heavy (non-hydrogen) atoms. The molecule has 1 saturated carbocycles. The van der Waals surface area contributed by atoms with E-state index in [4.69, 9.17) is 0 Å². The smallest absolute Gasteiger partial charge is 0.227 e. The van der Waals surface area contributed by atoms with Gasteiger partial charge in [0.2, 0.25) is 5.91 Å². The van der Waals surface area contributed by atoms with Crippen molar-refractivity contribution in [1.82, 2.24) is 9.80 Å². The minimum absolute atomic E-state index is 0.162. The molecule has 2 aliphatic rings. The SMILES string of the molecule is O=C(Cc1ccc(F)cc1)N1CCN(C2CCCCC2)CC1. The summed E-state index contributed by atoms with van der Waals surface area (Å²) in [6, 6.07) is 6.98. The molecule has 0 aromatic heterocycles. The number of carbonyl (C=O) groups is 1. The molecular weight excluding hydrogens is 279 g/mol. The Morgan fingerprint density at radius 1 is 1.00 bits per heavy atom. The van der Waals surface area contributed by atoms with E-state index in [2.05, 4.69) is 4.90 Å². The fourth-order valence-corrected chi connectivity index (χ4v) is 3.67. The molecule has 1 aliphatic carbocycles. The van der Waals surface area contributed by atoms with Gasteiger partial charge < -0.3 is 4.90 Å². The van der Waals surface area contributed by atoms with Crippen molar-refractivity contribution in [2.45, 2.75) is 44.6 Å². The van der Waals surface area contributed by atoms with Crippen LogP contribution in [-0.2, 0) is 11.2 Å². The van der Waals surface area contributed by atoms with Gasteiger partial charge in [0.1, 0.15) is 5.82 Å². The third-order valence-corrected chi connectivity index (χ3v) is 5.03. The van der Waals surface area contributed by atoms with Gasteiger partial charge in [0.05, 0.1) is 6.42 Å². The first-order chi connectivity index (χ1) is 10.7. The van der Waals surface area contributed by atoms with Gasteiger partial charge in [-0.05, 0) is 30.5 Å². The van der Waals surface area contributed by atoms with Crippen molar-refractivity contribution >= 4 is 5.91 Å². The predicted molar refractivity (Wildman–Crippen MR) is 85.1 cm³/mol. The Bertz CT molecular complexity index is 488. The van der Waals surface area contributed by atoms with E-state index in [1.54, 1.807) is 12.1 Å². The van der Waals surface area contributed by atoms with Crippen molar-refractivity contribution in [1.29, 1.82) is 0 Å². The first kappa shape index (κ1) is 15.5. The number of hydrogen-bond donors (Lipinski definition) is 0. The van der Waals surface area contributed by atoms with Crippen LogP contribution in [0.5, 0.6) is 0 Å². The molecule has 0 N–H and O–H groups in total. The summed E-state index contributed by atoms with van der Waals surface area (Å²) < 4.78 is 12.9. The van der Waals surface area contributed by atoms with Crippen LogP contribution in [0, 0.1) is 5.82 Å². The van der Waals surface area contributed by atoms with E-state index in [-0.39, 0.29) is 11.7 Å².